The standard InChI is InChI=1S/C25H32N6O6/c1-6-30(15-17(2)27-21-9-7-8-10-22(21)31(34)35)11-12-37-24-20(14-26-29(24)4)19-13-18(25(33)36-5)16-28(3)23(19)32/h7-10,13-14,16-17,27H,6,11-12,15H2,1-5H3. The Morgan fingerprint density at radius 2 is 2.00 bits per heavy atom. The maximum Gasteiger partial charge on any atom is 0.339 e. The maximum absolute atomic E-state index is 12.8. The first-order valence-corrected chi connectivity index (χ1v) is 11.8. The van der Waals surface area contributed by atoms with Gasteiger partial charge in [0.05, 0.1) is 34.9 Å². The van der Waals surface area contributed by atoms with Gasteiger partial charge in [-0.1, -0.05) is 19.1 Å². The van der Waals surface area contributed by atoms with Crippen LogP contribution in [0.25, 0.3) is 11.1 Å². The normalized spacial score (nSPS) is 11.8. The Morgan fingerprint density at radius 3 is 2.68 bits per heavy atom. The first-order valence-electron chi connectivity index (χ1n) is 11.8. The van der Waals surface area contributed by atoms with Crippen molar-refractivity contribution in [2.24, 2.45) is 14.1 Å². The Labute approximate surface area is 214 Å². The number of nitrogens with zero attached hydrogens (tertiary/aromatic N) is 5. The topological polar surface area (TPSA) is 134 Å². The minimum atomic E-state index is -0.551. The molecule has 0 saturated heterocycles. The molecule has 0 aliphatic carbocycles. The second-order valence-electron chi connectivity index (χ2n) is 8.60. The number of esters is 1. The van der Waals surface area contributed by atoms with Gasteiger partial charge in [0.25, 0.3) is 11.2 Å². The first kappa shape index (κ1) is 27.4. The van der Waals surface area contributed by atoms with E-state index >= 15 is 0 Å². The van der Waals surface area contributed by atoms with Crippen LogP contribution in [0.5, 0.6) is 5.88 Å². The molecular formula is C25H32N6O6. The summed E-state index contributed by atoms with van der Waals surface area (Å²) >= 11 is 0. The molecule has 0 aliphatic heterocycles. The van der Waals surface area contributed by atoms with Crippen molar-refractivity contribution in [1.29, 1.82) is 0 Å². The van der Waals surface area contributed by atoms with Gasteiger partial charge in [-0.25, -0.2) is 9.48 Å². The van der Waals surface area contributed by atoms with Gasteiger partial charge in [-0.2, -0.15) is 5.10 Å². The zero-order chi connectivity index (χ0) is 27.1. The average Bonchev–Trinajstić information content (AvgIpc) is 3.24. The first-order chi connectivity index (χ1) is 17.7. The highest BCUT2D eigenvalue weighted by atomic mass is 16.6. The minimum Gasteiger partial charge on any atom is -0.476 e. The number of aromatic nitrogens is 3. The fourth-order valence-electron chi connectivity index (χ4n) is 4.02. The summed E-state index contributed by atoms with van der Waals surface area (Å²) in [6, 6.07) is 7.98. The van der Waals surface area contributed by atoms with Crippen LogP contribution >= 0.6 is 0 Å². The maximum atomic E-state index is 12.8. The number of para-hydroxylation sites is 2. The molecule has 37 heavy (non-hydrogen) atoms. The highest BCUT2D eigenvalue weighted by Crippen LogP contribution is 2.28. The number of nitrogens with one attached hydrogen (secondary N) is 1. The number of aryl methyl sites for hydroxylation is 2. The number of rotatable bonds is 12. The fourth-order valence-corrected chi connectivity index (χ4v) is 4.02. The van der Waals surface area contributed by atoms with Gasteiger partial charge in [-0.15, -0.1) is 0 Å². The molecule has 0 spiro atoms. The van der Waals surface area contributed by atoms with Crippen molar-refractivity contribution in [3.05, 3.63) is 68.8 Å². The molecule has 0 fully saturated rings. The van der Waals surface area contributed by atoms with Gasteiger partial charge in [0.15, 0.2) is 0 Å². The van der Waals surface area contributed by atoms with Crippen LogP contribution in [0.15, 0.2) is 47.5 Å². The van der Waals surface area contributed by atoms with E-state index in [1.165, 1.54) is 40.9 Å². The van der Waals surface area contributed by atoms with Gasteiger partial charge in [-0.3, -0.25) is 19.8 Å². The lowest BCUT2D eigenvalue weighted by atomic mass is 10.1. The molecule has 0 aliphatic rings. The number of methoxy groups -OCH3 is 1. The predicted octanol–water partition coefficient (Wildman–Crippen LogP) is 2.68. The third kappa shape index (κ3) is 6.53. The summed E-state index contributed by atoms with van der Waals surface area (Å²) in [5.74, 6) is -0.147. The third-order valence-corrected chi connectivity index (χ3v) is 5.91. The highest BCUT2D eigenvalue weighted by molar-refractivity contribution is 5.90. The van der Waals surface area contributed by atoms with E-state index in [0.29, 0.717) is 36.8 Å². The summed E-state index contributed by atoms with van der Waals surface area (Å²) in [5.41, 5.74) is 1.21. The number of ether oxygens (including phenoxy) is 2. The number of carbonyl (C=O) groups excluding carboxylic acids is 1. The van der Waals surface area contributed by atoms with E-state index in [0.717, 1.165) is 6.54 Å². The summed E-state index contributed by atoms with van der Waals surface area (Å²) in [6.07, 6.45) is 2.95. The molecule has 1 atom stereocenters. The lowest BCUT2D eigenvalue weighted by Gasteiger charge is -2.25. The van der Waals surface area contributed by atoms with Crippen molar-refractivity contribution in [3.8, 4) is 17.0 Å². The van der Waals surface area contributed by atoms with Crippen molar-refractivity contribution in [2.75, 3.05) is 38.7 Å². The van der Waals surface area contributed by atoms with E-state index < -0.39 is 10.9 Å². The zero-order valence-corrected chi connectivity index (χ0v) is 21.6. The predicted molar refractivity (Wildman–Crippen MR) is 139 cm³/mol. The van der Waals surface area contributed by atoms with Gasteiger partial charge in [0.1, 0.15) is 12.3 Å². The molecule has 12 nitrogen and oxygen atoms in total. The molecule has 0 saturated carbocycles. The number of nitro groups is 1. The number of anilines is 1. The minimum absolute atomic E-state index is 0.0341. The van der Waals surface area contributed by atoms with Crippen molar-refractivity contribution < 1.29 is 19.2 Å². The van der Waals surface area contributed by atoms with E-state index in [1.807, 2.05) is 13.8 Å². The second-order valence-corrected chi connectivity index (χ2v) is 8.60. The van der Waals surface area contributed by atoms with E-state index in [4.69, 9.17) is 9.47 Å². The summed E-state index contributed by atoms with van der Waals surface area (Å²) in [5, 5.41) is 18.7. The van der Waals surface area contributed by atoms with Gasteiger partial charge < -0.3 is 19.4 Å². The van der Waals surface area contributed by atoms with Crippen molar-refractivity contribution in [2.45, 2.75) is 19.9 Å². The molecular weight excluding hydrogens is 480 g/mol. The fraction of sp³-hybridized carbons (Fsp3) is 0.400. The van der Waals surface area contributed by atoms with E-state index in [1.54, 1.807) is 32.3 Å². The molecule has 2 heterocycles. The van der Waals surface area contributed by atoms with E-state index in [2.05, 4.69) is 15.3 Å². The van der Waals surface area contributed by atoms with Gasteiger partial charge in [0.2, 0.25) is 5.88 Å². The Kier molecular flexibility index (Phi) is 9.01. The number of carbonyl (C=O) groups is 1. The smallest absolute Gasteiger partial charge is 0.339 e. The van der Waals surface area contributed by atoms with Crippen LogP contribution < -0.4 is 15.6 Å². The molecule has 198 valence electrons. The molecule has 0 amide bonds. The number of nitro benzene ring substituents is 1. The Balaban J connectivity index is 1.69. The third-order valence-electron chi connectivity index (χ3n) is 5.91. The number of pyridine rings is 1. The Hall–Kier alpha value is -4.19. The molecule has 1 N–H and O–H groups in total. The SMILES string of the molecule is CCN(CCOc1c(-c2cc(C(=O)OC)cn(C)c2=O)cnn1C)CC(C)Nc1ccccc1[N+](=O)[O-]. The van der Waals surface area contributed by atoms with Crippen molar-refractivity contribution in [3.63, 3.8) is 0 Å². The van der Waals surface area contributed by atoms with E-state index in [9.17, 15) is 19.7 Å². The van der Waals surface area contributed by atoms with Crippen molar-refractivity contribution >= 4 is 17.3 Å². The van der Waals surface area contributed by atoms with Crippen LogP contribution in [0.3, 0.4) is 0 Å². The lowest BCUT2D eigenvalue weighted by molar-refractivity contribution is -0.384. The van der Waals surface area contributed by atoms with Crippen LogP contribution in [0.4, 0.5) is 11.4 Å². The monoisotopic (exact) mass is 512 g/mol. The van der Waals surface area contributed by atoms with Crippen molar-refractivity contribution in [1.82, 2.24) is 19.2 Å². The summed E-state index contributed by atoms with van der Waals surface area (Å²) in [4.78, 5) is 37.9. The Morgan fingerprint density at radius 1 is 1.27 bits per heavy atom. The zero-order valence-electron chi connectivity index (χ0n) is 21.6. The molecule has 1 unspecified atom stereocenters. The number of likely N-dealkylation sites (N-methyl/N-ethyl adjacent to an activating group) is 1. The summed E-state index contributed by atoms with van der Waals surface area (Å²) < 4.78 is 13.7. The quantitative estimate of drug-likeness (QED) is 0.221. The molecule has 1 aromatic carbocycles. The van der Waals surface area contributed by atoms with Gasteiger partial charge in [0, 0.05) is 45.5 Å². The van der Waals surface area contributed by atoms with Crippen LogP contribution in [0.2, 0.25) is 0 Å². The van der Waals surface area contributed by atoms with Crippen LogP contribution in [-0.4, -0.2) is 69.5 Å². The summed E-state index contributed by atoms with van der Waals surface area (Å²) in [6.45, 7) is 6.25. The second kappa shape index (κ2) is 12.2. The molecule has 3 aromatic rings. The lowest BCUT2D eigenvalue weighted by Crippen LogP contribution is -2.37. The Bertz CT molecular complexity index is 1320. The van der Waals surface area contributed by atoms with Crippen LogP contribution in [0, 0.1) is 10.1 Å². The van der Waals surface area contributed by atoms with Crippen LogP contribution in [-0.2, 0) is 18.8 Å². The molecule has 3 rings (SSSR count). The molecule has 0 bridgehead atoms. The summed E-state index contributed by atoms with van der Waals surface area (Å²) in [7, 11) is 4.56. The largest absolute Gasteiger partial charge is 0.476 e. The molecule has 0 radical (unpaired) electrons. The molecule has 12 heteroatoms. The van der Waals surface area contributed by atoms with E-state index in [-0.39, 0.29) is 28.4 Å². The highest BCUT2D eigenvalue weighted by Gasteiger charge is 2.20. The number of hydrogen-bond acceptors (Lipinski definition) is 9. The number of hydrogen-bond donors (Lipinski definition) is 1. The molecule has 2 aromatic heterocycles. The van der Waals surface area contributed by atoms with Gasteiger partial charge >= 0.3 is 5.97 Å². The average molecular weight is 513 g/mol. The van der Waals surface area contributed by atoms with Gasteiger partial charge in [-0.05, 0) is 25.6 Å². The van der Waals surface area contributed by atoms with Crippen LogP contribution in [0.1, 0.15) is 24.2 Å². The number of benzene rings is 1.